The standard InChI is InChI=1S/C54H34N2O2/c1-2-15-36(16-3-1)55(37-31-29-35(30-32-37)38-22-14-28-51-52(38)43-20-7-12-26-49(43)57-51)48-34-33-42(54-53(48)44-21-8-13-27-50(44)58-54)41-19-6-11-25-47(41)56-45-23-9-4-17-39(45)40-18-5-10-24-46(40)56/h1-34H. The summed E-state index contributed by atoms with van der Waals surface area (Å²) < 4.78 is 15.6. The van der Waals surface area contributed by atoms with Crippen molar-refractivity contribution < 1.29 is 8.83 Å². The lowest BCUT2D eigenvalue weighted by Gasteiger charge is -2.27. The number of para-hydroxylation sites is 6. The molecule has 12 aromatic rings. The van der Waals surface area contributed by atoms with Crippen molar-refractivity contribution in [2.75, 3.05) is 4.90 Å². The van der Waals surface area contributed by atoms with E-state index in [9.17, 15) is 0 Å². The lowest BCUT2D eigenvalue weighted by atomic mass is 9.97. The van der Waals surface area contributed by atoms with Crippen molar-refractivity contribution in [1.82, 2.24) is 4.57 Å². The monoisotopic (exact) mass is 742 g/mol. The van der Waals surface area contributed by atoms with Crippen LogP contribution in [-0.2, 0) is 0 Å². The van der Waals surface area contributed by atoms with E-state index < -0.39 is 0 Å². The highest BCUT2D eigenvalue weighted by atomic mass is 16.3. The summed E-state index contributed by atoms with van der Waals surface area (Å²) in [4.78, 5) is 2.35. The second kappa shape index (κ2) is 12.9. The van der Waals surface area contributed by atoms with Crippen LogP contribution >= 0.6 is 0 Å². The van der Waals surface area contributed by atoms with Gasteiger partial charge < -0.3 is 18.3 Å². The van der Waals surface area contributed by atoms with Gasteiger partial charge in [-0.3, -0.25) is 0 Å². The van der Waals surface area contributed by atoms with E-state index in [0.29, 0.717) is 0 Å². The average molecular weight is 743 g/mol. The molecule has 0 saturated carbocycles. The summed E-state index contributed by atoms with van der Waals surface area (Å²) in [5, 5.41) is 6.85. The Kier molecular flexibility index (Phi) is 7.20. The van der Waals surface area contributed by atoms with Gasteiger partial charge in [0.1, 0.15) is 22.3 Å². The summed E-state index contributed by atoms with van der Waals surface area (Å²) in [6.07, 6.45) is 0. The van der Waals surface area contributed by atoms with Crippen molar-refractivity contribution in [3.63, 3.8) is 0 Å². The fraction of sp³-hybridized carbons (Fsp3) is 0. The van der Waals surface area contributed by atoms with Crippen molar-refractivity contribution in [3.8, 4) is 27.9 Å². The Morgan fingerprint density at radius 1 is 0.345 bits per heavy atom. The Labute approximate surface area is 334 Å². The van der Waals surface area contributed by atoms with E-state index in [0.717, 1.165) is 88.9 Å². The summed E-state index contributed by atoms with van der Waals surface area (Å²) in [5.74, 6) is 0. The molecule has 272 valence electrons. The molecule has 0 saturated heterocycles. The smallest absolute Gasteiger partial charge is 0.145 e. The third kappa shape index (κ3) is 4.88. The van der Waals surface area contributed by atoms with Crippen LogP contribution in [0, 0.1) is 0 Å². The molecular formula is C54H34N2O2. The van der Waals surface area contributed by atoms with Gasteiger partial charge in [-0.1, -0.05) is 133 Å². The van der Waals surface area contributed by atoms with Gasteiger partial charge in [0.15, 0.2) is 0 Å². The van der Waals surface area contributed by atoms with Gasteiger partial charge in [-0.15, -0.1) is 0 Å². The Morgan fingerprint density at radius 2 is 0.897 bits per heavy atom. The van der Waals surface area contributed by atoms with E-state index in [4.69, 9.17) is 8.83 Å². The minimum Gasteiger partial charge on any atom is -0.456 e. The summed E-state index contributed by atoms with van der Waals surface area (Å²) >= 11 is 0. The molecule has 0 aliphatic rings. The summed E-state index contributed by atoms with van der Waals surface area (Å²) in [7, 11) is 0. The predicted octanol–water partition coefficient (Wildman–Crippen LogP) is 15.4. The number of benzene rings is 9. The second-order valence-corrected chi connectivity index (χ2v) is 14.8. The Morgan fingerprint density at radius 3 is 1.64 bits per heavy atom. The third-order valence-electron chi connectivity index (χ3n) is 11.6. The van der Waals surface area contributed by atoms with E-state index in [2.05, 4.69) is 198 Å². The van der Waals surface area contributed by atoms with Crippen molar-refractivity contribution >= 4 is 82.7 Å². The highest BCUT2D eigenvalue weighted by Crippen LogP contribution is 2.48. The molecule has 0 N–H and O–H groups in total. The van der Waals surface area contributed by atoms with E-state index in [1.807, 2.05) is 18.2 Å². The fourth-order valence-electron chi connectivity index (χ4n) is 9.10. The van der Waals surface area contributed by atoms with Crippen LogP contribution in [0.15, 0.2) is 215 Å². The van der Waals surface area contributed by atoms with E-state index in [-0.39, 0.29) is 0 Å². The first kappa shape index (κ1) is 32.4. The summed E-state index contributed by atoms with van der Waals surface area (Å²) in [6, 6.07) is 73.0. The third-order valence-corrected chi connectivity index (χ3v) is 11.6. The molecule has 0 bridgehead atoms. The number of furan rings is 2. The first-order valence-electron chi connectivity index (χ1n) is 19.7. The second-order valence-electron chi connectivity index (χ2n) is 14.8. The van der Waals surface area contributed by atoms with Crippen LogP contribution in [0.5, 0.6) is 0 Å². The van der Waals surface area contributed by atoms with Crippen LogP contribution in [0.2, 0.25) is 0 Å². The first-order valence-corrected chi connectivity index (χ1v) is 19.7. The van der Waals surface area contributed by atoms with Crippen molar-refractivity contribution in [3.05, 3.63) is 206 Å². The molecule has 4 heteroatoms. The van der Waals surface area contributed by atoms with Crippen LogP contribution in [0.4, 0.5) is 17.1 Å². The predicted molar refractivity (Wildman–Crippen MR) is 241 cm³/mol. The Balaban J connectivity index is 1.07. The number of anilines is 3. The molecule has 4 nitrogen and oxygen atoms in total. The quantitative estimate of drug-likeness (QED) is 0.170. The minimum absolute atomic E-state index is 0.850. The maximum Gasteiger partial charge on any atom is 0.145 e. The average Bonchev–Trinajstić information content (AvgIpc) is 3.98. The van der Waals surface area contributed by atoms with Gasteiger partial charge in [-0.25, -0.2) is 0 Å². The molecule has 0 fully saturated rings. The van der Waals surface area contributed by atoms with Crippen LogP contribution in [0.25, 0.3) is 93.6 Å². The van der Waals surface area contributed by atoms with Crippen LogP contribution in [-0.4, -0.2) is 4.57 Å². The van der Waals surface area contributed by atoms with Gasteiger partial charge in [0.05, 0.1) is 27.8 Å². The molecule has 0 unspecified atom stereocenters. The molecule has 12 rings (SSSR count). The Bertz CT molecular complexity index is 3460. The van der Waals surface area contributed by atoms with Gasteiger partial charge in [-0.2, -0.15) is 0 Å². The molecule has 0 amide bonds. The van der Waals surface area contributed by atoms with Crippen LogP contribution in [0.3, 0.4) is 0 Å². The van der Waals surface area contributed by atoms with E-state index in [1.54, 1.807) is 0 Å². The number of hydrogen-bond acceptors (Lipinski definition) is 3. The molecule has 0 aliphatic carbocycles. The minimum atomic E-state index is 0.850. The number of aromatic nitrogens is 1. The normalized spacial score (nSPS) is 11.8. The number of fused-ring (bicyclic) bond motifs is 9. The molecule has 3 aromatic heterocycles. The molecule has 3 heterocycles. The molecule has 0 radical (unpaired) electrons. The first-order chi connectivity index (χ1) is 28.8. The fourth-order valence-corrected chi connectivity index (χ4v) is 9.10. The highest BCUT2D eigenvalue weighted by molar-refractivity contribution is 6.18. The molecule has 0 aliphatic heterocycles. The van der Waals surface area contributed by atoms with Crippen molar-refractivity contribution in [2.24, 2.45) is 0 Å². The molecule has 58 heavy (non-hydrogen) atoms. The largest absolute Gasteiger partial charge is 0.456 e. The van der Waals surface area contributed by atoms with Gasteiger partial charge in [-0.05, 0) is 83.9 Å². The van der Waals surface area contributed by atoms with Crippen LogP contribution in [0.1, 0.15) is 0 Å². The van der Waals surface area contributed by atoms with Crippen molar-refractivity contribution in [2.45, 2.75) is 0 Å². The number of hydrogen-bond donors (Lipinski definition) is 0. The zero-order valence-corrected chi connectivity index (χ0v) is 31.3. The zero-order valence-electron chi connectivity index (χ0n) is 31.3. The summed E-state index contributed by atoms with van der Waals surface area (Å²) in [6.45, 7) is 0. The maximum absolute atomic E-state index is 6.95. The van der Waals surface area contributed by atoms with Gasteiger partial charge in [0.25, 0.3) is 0 Å². The van der Waals surface area contributed by atoms with Gasteiger partial charge in [0.2, 0.25) is 0 Å². The lowest BCUT2D eigenvalue weighted by molar-refractivity contribution is 0.669. The van der Waals surface area contributed by atoms with E-state index in [1.165, 1.54) is 21.8 Å². The molecular weight excluding hydrogens is 709 g/mol. The molecule has 0 spiro atoms. The maximum atomic E-state index is 6.95. The SMILES string of the molecule is c1ccc(N(c2ccc(-c3cccc4oc5ccccc5c34)cc2)c2ccc(-c3ccccc3-n3c4ccccc4c4ccccc43)c3oc4ccccc4c23)cc1. The Hall–Kier alpha value is -7.82. The van der Waals surface area contributed by atoms with Gasteiger partial charge in [0, 0.05) is 49.4 Å². The highest BCUT2D eigenvalue weighted by Gasteiger charge is 2.24. The van der Waals surface area contributed by atoms with E-state index >= 15 is 0 Å². The summed E-state index contributed by atoms with van der Waals surface area (Å²) in [5.41, 5.74) is 14.5. The zero-order chi connectivity index (χ0) is 38.2. The molecule has 9 aromatic carbocycles. The van der Waals surface area contributed by atoms with Gasteiger partial charge >= 0.3 is 0 Å². The van der Waals surface area contributed by atoms with Crippen LogP contribution < -0.4 is 4.90 Å². The number of rotatable bonds is 6. The lowest BCUT2D eigenvalue weighted by Crippen LogP contribution is -2.10. The number of nitrogens with zero attached hydrogens (tertiary/aromatic N) is 2. The topological polar surface area (TPSA) is 34.5 Å². The molecule has 0 atom stereocenters. The van der Waals surface area contributed by atoms with Crippen molar-refractivity contribution in [1.29, 1.82) is 0 Å².